The molecule has 0 aromatic heterocycles. The quantitative estimate of drug-likeness (QED) is 0.753. The number of nitrogens with one attached hydrogen (secondary N) is 1. The fraction of sp³-hybridized carbons (Fsp3) is 0.500. The Morgan fingerprint density at radius 1 is 1.35 bits per heavy atom. The first kappa shape index (κ1) is 14.1. The van der Waals surface area contributed by atoms with Crippen molar-refractivity contribution in [3.8, 4) is 0 Å². The van der Waals surface area contributed by atoms with Crippen LogP contribution in [-0.2, 0) is 4.79 Å². The third kappa shape index (κ3) is 5.78. The van der Waals surface area contributed by atoms with Gasteiger partial charge in [0.05, 0.1) is 11.8 Å². The number of unbranched alkanes of at least 4 members (excludes halogenated alkanes) is 1. The molecule has 0 radical (unpaired) electrons. The predicted octanol–water partition coefficient (Wildman–Crippen LogP) is 3.40. The molecule has 3 heteroatoms. The minimum atomic E-state index is 0.0930. The molecule has 0 fully saturated rings. The highest BCUT2D eigenvalue weighted by Crippen LogP contribution is 2.11. The summed E-state index contributed by atoms with van der Waals surface area (Å²) in [5.41, 5.74) is 1.15. The smallest absolute Gasteiger partial charge is 0.230 e. The summed E-state index contributed by atoms with van der Waals surface area (Å²) in [4.78, 5) is 11.7. The third-order valence-corrected chi connectivity index (χ3v) is 3.60. The van der Waals surface area contributed by atoms with Crippen molar-refractivity contribution in [1.29, 1.82) is 0 Å². The molecule has 1 aromatic carbocycles. The number of benzene rings is 1. The van der Waals surface area contributed by atoms with Crippen molar-refractivity contribution in [3.05, 3.63) is 35.9 Å². The van der Waals surface area contributed by atoms with Gasteiger partial charge < -0.3 is 5.32 Å². The topological polar surface area (TPSA) is 29.1 Å². The lowest BCUT2D eigenvalue weighted by Crippen LogP contribution is -2.28. The zero-order valence-corrected chi connectivity index (χ0v) is 11.4. The summed E-state index contributed by atoms with van der Waals surface area (Å²) in [5.74, 6) is 1.77. The Kier molecular flexibility index (Phi) is 6.78. The lowest BCUT2D eigenvalue weighted by molar-refractivity contribution is -0.119. The first-order valence-electron chi connectivity index (χ1n) is 6.16. The van der Waals surface area contributed by atoms with E-state index in [9.17, 15) is 4.79 Å². The summed E-state index contributed by atoms with van der Waals surface area (Å²) in [5, 5.41) is 3.01. The summed E-state index contributed by atoms with van der Waals surface area (Å²) in [6, 6.07) is 10.1. The predicted molar refractivity (Wildman–Crippen MR) is 75.2 cm³/mol. The van der Waals surface area contributed by atoms with Crippen LogP contribution in [0.2, 0.25) is 0 Å². The molecule has 0 heterocycles. The largest absolute Gasteiger partial charge is 0.349 e. The van der Waals surface area contributed by atoms with Gasteiger partial charge in [0.15, 0.2) is 0 Å². The fourth-order valence-electron chi connectivity index (χ4n) is 1.52. The Hall–Kier alpha value is -0.960. The minimum Gasteiger partial charge on any atom is -0.349 e. The maximum atomic E-state index is 11.7. The van der Waals surface area contributed by atoms with E-state index in [4.69, 9.17) is 0 Å². The van der Waals surface area contributed by atoms with Crippen LogP contribution < -0.4 is 5.32 Å². The standard InChI is InChI=1S/C14H21NOS/c1-3-4-10-17-11-14(16)15-12(2)13-8-6-5-7-9-13/h5-9,12H,3-4,10-11H2,1-2H3,(H,15,16). The zero-order chi connectivity index (χ0) is 12.5. The van der Waals surface area contributed by atoms with Crippen molar-refractivity contribution < 1.29 is 4.79 Å². The monoisotopic (exact) mass is 251 g/mol. The Bertz CT molecular complexity index is 326. The fourth-order valence-corrected chi connectivity index (χ4v) is 2.43. The van der Waals surface area contributed by atoms with Crippen LogP contribution >= 0.6 is 11.8 Å². The second kappa shape index (κ2) is 8.18. The van der Waals surface area contributed by atoms with Crippen LogP contribution in [0.3, 0.4) is 0 Å². The molecule has 0 spiro atoms. The van der Waals surface area contributed by atoms with Crippen molar-refractivity contribution in [3.63, 3.8) is 0 Å². The van der Waals surface area contributed by atoms with Crippen LogP contribution in [0, 0.1) is 0 Å². The van der Waals surface area contributed by atoms with E-state index in [2.05, 4.69) is 12.2 Å². The Balaban J connectivity index is 2.26. The summed E-state index contributed by atoms with van der Waals surface area (Å²) >= 11 is 1.71. The third-order valence-electron chi connectivity index (χ3n) is 2.55. The van der Waals surface area contributed by atoms with E-state index >= 15 is 0 Å². The van der Waals surface area contributed by atoms with E-state index in [1.165, 1.54) is 12.8 Å². The van der Waals surface area contributed by atoms with Gasteiger partial charge in [-0.3, -0.25) is 4.79 Å². The molecule has 0 saturated carbocycles. The molecule has 94 valence electrons. The van der Waals surface area contributed by atoms with E-state index in [1.807, 2.05) is 37.3 Å². The summed E-state index contributed by atoms with van der Waals surface area (Å²) < 4.78 is 0. The first-order chi connectivity index (χ1) is 8.24. The van der Waals surface area contributed by atoms with Crippen LogP contribution in [0.4, 0.5) is 0 Å². The molecule has 1 N–H and O–H groups in total. The molecule has 1 unspecified atom stereocenters. The Labute approximate surface area is 108 Å². The molecule has 1 aromatic rings. The number of carbonyl (C=O) groups is 1. The van der Waals surface area contributed by atoms with Gasteiger partial charge in [-0.15, -0.1) is 0 Å². The summed E-state index contributed by atoms with van der Waals surface area (Å²) in [7, 11) is 0. The Morgan fingerprint density at radius 2 is 2.06 bits per heavy atom. The number of carbonyl (C=O) groups excluding carboxylic acids is 1. The average Bonchev–Trinajstić information content (AvgIpc) is 2.36. The molecular weight excluding hydrogens is 230 g/mol. The number of thioether (sulfide) groups is 1. The normalized spacial score (nSPS) is 12.1. The van der Waals surface area contributed by atoms with Gasteiger partial charge >= 0.3 is 0 Å². The van der Waals surface area contributed by atoms with Crippen LogP contribution in [-0.4, -0.2) is 17.4 Å². The molecule has 0 aliphatic heterocycles. The highest BCUT2D eigenvalue weighted by atomic mass is 32.2. The minimum absolute atomic E-state index is 0.0930. The molecule has 2 nitrogen and oxygen atoms in total. The molecular formula is C14H21NOS. The molecule has 1 amide bonds. The molecule has 17 heavy (non-hydrogen) atoms. The van der Waals surface area contributed by atoms with E-state index in [0.29, 0.717) is 5.75 Å². The zero-order valence-electron chi connectivity index (χ0n) is 10.6. The highest BCUT2D eigenvalue weighted by molar-refractivity contribution is 7.99. The molecule has 0 bridgehead atoms. The second-order valence-corrected chi connectivity index (χ2v) is 5.21. The van der Waals surface area contributed by atoms with Crippen molar-refractivity contribution in [2.75, 3.05) is 11.5 Å². The van der Waals surface area contributed by atoms with Gasteiger partial charge in [0, 0.05) is 0 Å². The molecule has 1 atom stereocenters. The van der Waals surface area contributed by atoms with E-state index in [-0.39, 0.29) is 11.9 Å². The SMILES string of the molecule is CCCCSCC(=O)NC(C)c1ccccc1. The van der Waals surface area contributed by atoms with E-state index in [0.717, 1.165) is 11.3 Å². The van der Waals surface area contributed by atoms with E-state index < -0.39 is 0 Å². The van der Waals surface area contributed by atoms with E-state index in [1.54, 1.807) is 11.8 Å². The highest BCUT2D eigenvalue weighted by Gasteiger charge is 2.08. The lowest BCUT2D eigenvalue weighted by Gasteiger charge is -2.13. The van der Waals surface area contributed by atoms with Gasteiger partial charge in [0.1, 0.15) is 0 Å². The van der Waals surface area contributed by atoms with Crippen LogP contribution in [0.25, 0.3) is 0 Å². The maximum absolute atomic E-state index is 11.7. The van der Waals surface area contributed by atoms with Gasteiger partial charge in [-0.05, 0) is 24.7 Å². The Morgan fingerprint density at radius 3 is 2.71 bits per heavy atom. The summed E-state index contributed by atoms with van der Waals surface area (Å²) in [6.07, 6.45) is 2.38. The molecule has 0 aliphatic rings. The number of amides is 1. The molecule has 0 saturated heterocycles. The van der Waals surface area contributed by atoms with Gasteiger partial charge in [-0.2, -0.15) is 11.8 Å². The van der Waals surface area contributed by atoms with Crippen LogP contribution in [0.15, 0.2) is 30.3 Å². The van der Waals surface area contributed by atoms with Crippen molar-refractivity contribution >= 4 is 17.7 Å². The molecule has 0 aliphatic carbocycles. The average molecular weight is 251 g/mol. The van der Waals surface area contributed by atoms with Crippen LogP contribution in [0.5, 0.6) is 0 Å². The second-order valence-electron chi connectivity index (χ2n) is 4.11. The summed E-state index contributed by atoms with van der Waals surface area (Å²) in [6.45, 7) is 4.18. The number of hydrogen-bond acceptors (Lipinski definition) is 2. The number of rotatable bonds is 7. The lowest BCUT2D eigenvalue weighted by atomic mass is 10.1. The number of hydrogen-bond donors (Lipinski definition) is 1. The van der Waals surface area contributed by atoms with Gasteiger partial charge in [-0.25, -0.2) is 0 Å². The van der Waals surface area contributed by atoms with Crippen LogP contribution in [0.1, 0.15) is 38.3 Å². The van der Waals surface area contributed by atoms with Crippen molar-refractivity contribution in [2.45, 2.75) is 32.7 Å². The van der Waals surface area contributed by atoms with Crippen molar-refractivity contribution in [2.24, 2.45) is 0 Å². The maximum Gasteiger partial charge on any atom is 0.230 e. The van der Waals surface area contributed by atoms with Crippen molar-refractivity contribution in [1.82, 2.24) is 5.32 Å². The molecule has 1 rings (SSSR count). The first-order valence-corrected chi connectivity index (χ1v) is 7.31. The van der Waals surface area contributed by atoms with Gasteiger partial charge in [0.25, 0.3) is 0 Å². The van der Waals surface area contributed by atoms with Gasteiger partial charge in [-0.1, -0.05) is 43.7 Å². The van der Waals surface area contributed by atoms with Gasteiger partial charge in [0.2, 0.25) is 5.91 Å².